The predicted molar refractivity (Wildman–Crippen MR) is 217 cm³/mol. The van der Waals surface area contributed by atoms with Crippen LogP contribution in [0, 0.1) is 17.8 Å². The summed E-state index contributed by atoms with van der Waals surface area (Å²) >= 11 is 0. The van der Waals surface area contributed by atoms with E-state index < -0.39 is 90.9 Å². The number of esters is 1. The molecule has 2 saturated carbocycles. The summed E-state index contributed by atoms with van der Waals surface area (Å²) in [6.07, 6.45) is -6.38. The predicted octanol–water partition coefficient (Wildman–Crippen LogP) is 16.2. The van der Waals surface area contributed by atoms with Gasteiger partial charge in [0.2, 0.25) is 0 Å². The van der Waals surface area contributed by atoms with Crippen LogP contribution in [0.3, 0.4) is 0 Å². The molecule has 394 valence electrons. The van der Waals surface area contributed by atoms with Gasteiger partial charge in [-0.1, -0.05) is 95.2 Å². The first-order chi connectivity index (χ1) is 31.6. The van der Waals surface area contributed by atoms with Gasteiger partial charge >= 0.3 is 59.8 Å². The average Bonchev–Trinajstić information content (AvgIpc) is 3.27. The van der Waals surface area contributed by atoms with Crippen molar-refractivity contribution in [3.05, 3.63) is 65.2 Å². The van der Waals surface area contributed by atoms with Crippen molar-refractivity contribution >= 4 is 11.9 Å². The number of halogens is 18. The van der Waals surface area contributed by atoms with E-state index >= 15 is 0 Å². The minimum Gasteiger partial charge on any atom is -0.481 e. The Kier molecular flexibility index (Phi) is 19.9. The number of hydrogen-bond donors (Lipinski definition) is 1. The molecule has 0 aliphatic heterocycles. The third kappa shape index (κ3) is 14.0. The van der Waals surface area contributed by atoms with Crippen LogP contribution in [0.15, 0.2) is 48.5 Å². The van der Waals surface area contributed by atoms with E-state index in [0.29, 0.717) is 55.9 Å². The molecule has 2 aromatic carbocycles. The summed E-state index contributed by atoms with van der Waals surface area (Å²) in [5.41, 5.74) is -0.831. The van der Waals surface area contributed by atoms with Crippen LogP contribution in [0.2, 0.25) is 0 Å². The van der Waals surface area contributed by atoms with Gasteiger partial charge in [0, 0.05) is 12.8 Å². The van der Waals surface area contributed by atoms with Gasteiger partial charge in [-0.2, -0.15) is 79.0 Å². The maximum absolute atomic E-state index is 13.8. The lowest BCUT2D eigenvalue weighted by atomic mass is 9.66. The number of carboxylic acids is 1. The highest BCUT2D eigenvalue weighted by Crippen LogP contribution is 2.56. The summed E-state index contributed by atoms with van der Waals surface area (Å²) in [6, 6.07) is 9.90. The van der Waals surface area contributed by atoms with E-state index in [4.69, 9.17) is 4.74 Å². The monoisotopic (exact) mass is 1030 g/mol. The SMILES string of the molecule is CCCCC[C@H]1CC[C@@](C(=O)O)(c2ccc(CCC(F)(F)C(F)(F)C(F)(F)C(F)(F)F)cc2)CC1.CCCC[C@H]1CC[C@H](C(=O)Oc2ccc(CCC(F)(F)C(F)(F)C(F)(F)C(F)(F)F)cc2)CC1. The van der Waals surface area contributed by atoms with E-state index in [0.717, 1.165) is 69.9 Å². The van der Waals surface area contributed by atoms with Gasteiger partial charge in [-0.3, -0.25) is 9.59 Å². The number of carboxylic acid groups (broad SMARTS) is 1. The van der Waals surface area contributed by atoms with Crippen molar-refractivity contribution in [2.45, 2.75) is 189 Å². The topological polar surface area (TPSA) is 63.6 Å². The molecule has 0 saturated heterocycles. The highest BCUT2D eigenvalue weighted by Gasteiger charge is 2.82. The Balaban J connectivity index is 0.000000365. The van der Waals surface area contributed by atoms with Gasteiger partial charge in [0.1, 0.15) is 5.75 Å². The molecule has 0 spiro atoms. The van der Waals surface area contributed by atoms with Crippen LogP contribution in [0.1, 0.15) is 140 Å². The van der Waals surface area contributed by atoms with E-state index in [1.54, 1.807) is 0 Å². The Morgan fingerprint density at radius 2 is 0.928 bits per heavy atom. The molecule has 1 N–H and O–H groups in total. The smallest absolute Gasteiger partial charge is 0.460 e. The van der Waals surface area contributed by atoms with Crippen molar-refractivity contribution < 1.29 is 98.5 Å². The molecule has 2 fully saturated rings. The number of carbonyl (C=O) groups excluding carboxylic acids is 1. The first-order valence-electron chi connectivity index (χ1n) is 22.7. The number of carbonyl (C=O) groups is 2. The fraction of sp³-hybridized carbons (Fsp3) is 0.702. The molecule has 2 aromatic rings. The minimum atomic E-state index is -6.91. The Morgan fingerprint density at radius 1 is 0.536 bits per heavy atom. The highest BCUT2D eigenvalue weighted by molar-refractivity contribution is 5.81. The Labute approximate surface area is 387 Å². The Morgan fingerprint density at radius 3 is 1.32 bits per heavy atom. The van der Waals surface area contributed by atoms with Crippen LogP contribution in [0.5, 0.6) is 5.75 Å². The minimum absolute atomic E-state index is 0.0201. The zero-order valence-electron chi connectivity index (χ0n) is 37.8. The molecule has 4 nitrogen and oxygen atoms in total. The average molecular weight is 1030 g/mol. The summed E-state index contributed by atoms with van der Waals surface area (Å²) in [7, 11) is 0. The molecule has 0 aromatic heterocycles. The van der Waals surface area contributed by atoms with E-state index in [1.807, 2.05) is 0 Å². The number of unbranched alkanes of at least 4 members (excludes halogenated alkanes) is 3. The molecule has 0 unspecified atom stereocenters. The molecule has 2 aliphatic rings. The zero-order chi connectivity index (χ0) is 52.5. The molecule has 4 rings (SSSR count). The molecule has 69 heavy (non-hydrogen) atoms. The normalized spacial score (nSPS) is 21.3. The summed E-state index contributed by atoms with van der Waals surface area (Å²) < 4.78 is 239. The lowest BCUT2D eigenvalue weighted by Crippen LogP contribution is -2.60. The van der Waals surface area contributed by atoms with E-state index in [1.165, 1.54) is 36.4 Å². The lowest BCUT2D eigenvalue weighted by molar-refractivity contribution is -0.396. The van der Waals surface area contributed by atoms with Gasteiger partial charge in [-0.15, -0.1) is 0 Å². The quantitative estimate of drug-likeness (QED) is 0.0586. The molecular formula is C47H56F18O4. The zero-order valence-corrected chi connectivity index (χ0v) is 37.8. The van der Waals surface area contributed by atoms with Gasteiger partial charge in [0.25, 0.3) is 0 Å². The first kappa shape index (κ1) is 59.4. The van der Waals surface area contributed by atoms with Crippen molar-refractivity contribution in [3.63, 3.8) is 0 Å². The van der Waals surface area contributed by atoms with Crippen LogP contribution in [-0.4, -0.2) is 64.9 Å². The number of ether oxygens (including phenoxy) is 1. The number of aryl methyl sites for hydroxylation is 2. The van der Waals surface area contributed by atoms with Crippen molar-refractivity contribution in [3.8, 4) is 5.75 Å². The van der Waals surface area contributed by atoms with Crippen molar-refractivity contribution in [2.75, 3.05) is 0 Å². The van der Waals surface area contributed by atoms with Crippen LogP contribution in [0.4, 0.5) is 79.0 Å². The van der Waals surface area contributed by atoms with Crippen LogP contribution < -0.4 is 4.74 Å². The summed E-state index contributed by atoms with van der Waals surface area (Å²) in [5.74, 6) is -39.0. The van der Waals surface area contributed by atoms with Gasteiger partial charge in [0.05, 0.1) is 11.3 Å². The fourth-order valence-electron chi connectivity index (χ4n) is 8.59. The number of aliphatic carboxylic acids is 1. The number of alkyl halides is 18. The van der Waals surface area contributed by atoms with E-state index in [-0.39, 0.29) is 22.8 Å². The number of rotatable bonds is 21. The van der Waals surface area contributed by atoms with Crippen LogP contribution >= 0.6 is 0 Å². The Hall–Kier alpha value is -3.88. The molecule has 0 amide bonds. The van der Waals surface area contributed by atoms with Gasteiger partial charge in [0.15, 0.2) is 0 Å². The van der Waals surface area contributed by atoms with Gasteiger partial charge in [-0.25, -0.2) is 0 Å². The first-order valence-corrected chi connectivity index (χ1v) is 22.7. The summed E-state index contributed by atoms with van der Waals surface area (Å²) in [5, 5.41) is 9.91. The standard InChI is InChI=1S/C24H29F9O2.C23H27F9O2/c1-2-3-4-5-16-10-13-20(14-11-16,19(34)35)18-8-6-17(7-9-18)12-15-21(25,26)22(27,28)23(29,30)24(31,32)33;1-2-3-4-15-5-9-17(10-6-15)19(33)34-18-11-7-16(8-12-18)13-14-20(24,25)21(26,27)22(28,29)23(30,31)32/h6-9,16H,2-5,10-15H2,1H3,(H,34,35);7-8,11-12,15,17H,2-6,9-10,13-14H2,1H3/t16-,20-;15-,17-. The van der Waals surface area contributed by atoms with E-state index in [9.17, 15) is 93.7 Å². The fourth-order valence-corrected chi connectivity index (χ4v) is 8.59. The maximum atomic E-state index is 13.8. The molecule has 0 radical (unpaired) electrons. The second-order valence-electron chi connectivity index (χ2n) is 18.2. The second-order valence-corrected chi connectivity index (χ2v) is 18.2. The van der Waals surface area contributed by atoms with Gasteiger partial charge in [-0.05, 0) is 105 Å². The van der Waals surface area contributed by atoms with Gasteiger partial charge < -0.3 is 9.84 Å². The van der Waals surface area contributed by atoms with Crippen LogP contribution in [0.25, 0.3) is 0 Å². The highest BCUT2D eigenvalue weighted by atomic mass is 19.4. The molecule has 22 heteroatoms. The largest absolute Gasteiger partial charge is 0.481 e. The Bertz CT molecular complexity index is 1910. The lowest BCUT2D eigenvalue weighted by Gasteiger charge is -2.37. The molecule has 2 aliphatic carbocycles. The molecule has 0 heterocycles. The molecule has 0 bridgehead atoms. The molecule has 0 atom stereocenters. The molecular weight excluding hydrogens is 970 g/mol. The summed E-state index contributed by atoms with van der Waals surface area (Å²) in [6.45, 7) is 4.20. The second kappa shape index (κ2) is 23.1. The number of benzene rings is 2. The van der Waals surface area contributed by atoms with Crippen LogP contribution in [-0.2, 0) is 27.8 Å². The third-order valence-electron chi connectivity index (χ3n) is 13.3. The third-order valence-corrected chi connectivity index (χ3v) is 13.3. The summed E-state index contributed by atoms with van der Waals surface area (Å²) in [4.78, 5) is 24.5. The van der Waals surface area contributed by atoms with Crippen molar-refractivity contribution in [2.24, 2.45) is 17.8 Å². The van der Waals surface area contributed by atoms with E-state index in [2.05, 4.69) is 13.8 Å². The number of hydrogen-bond acceptors (Lipinski definition) is 3. The van der Waals surface area contributed by atoms with Crippen molar-refractivity contribution in [1.82, 2.24) is 0 Å². The van der Waals surface area contributed by atoms with Crippen molar-refractivity contribution in [1.29, 1.82) is 0 Å². The maximum Gasteiger partial charge on any atom is 0.460 e.